The molecule has 0 aliphatic rings. The van der Waals surface area contributed by atoms with Gasteiger partial charge in [-0.25, -0.2) is 0 Å². The molecule has 0 N–H and O–H groups in total. The highest BCUT2D eigenvalue weighted by Crippen LogP contribution is 2.32. The Bertz CT molecular complexity index is 750. The largest absolute Gasteiger partial charge is 0.497 e. The number of allylic oxidation sites excluding steroid dienone is 3. The third-order valence-electron chi connectivity index (χ3n) is 4.83. The minimum absolute atomic E-state index is 0.0838. The molecule has 0 heterocycles. The van der Waals surface area contributed by atoms with E-state index in [9.17, 15) is 0 Å². The molecule has 0 saturated carbocycles. The molecule has 0 aliphatic heterocycles. The van der Waals surface area contributed by atoms with Gasteiger partial charge in [-0.15, -0.1) is 0 Å². The van der Waals surface area contributed by atoms with Crippen LogP contribution in [0.1, 0.15) is 44.7 Å². The van der Waals surface area contributed by atoms with Crippen LogP contribution in [-0.2, 0) is 6.42 Å². The van der Waals surface area contributed by atoms with Crippen LogP contribution in [0.5, 0.6) is 11.5 Å². The topological polar surface area (TPSA) is 18.5 Å². The molecule has 2 aromatic rings. The van der Waals surface area contributed by atoms with Crippen LogP contribution in [0.3, 0.4) is 0 Å². The third-order valence-corrected chi connectivity index (χ3v) is 4.83. The van der Waals surface area contributed by atoms with E-state index in [1.807, 2.05) is 24.3 Å². The van der Waals surface area contributed by atoms with E-state index < -0.39 is 0 Å². The van der Waals surface area contributed by atoms with E-state index >= 15 is 0 Å². The first-order valence-corrected chi connectivity index (χ1v) is 9.54. The molecular weight excluding hydrogens is 332 g/mol. The zero-order chi connectivity index (χ0) is 19.7. The zero-order valence-electron chi connectivity index (χ0n) is 17.3. The van der Waals surface area contributed by atoms with Crippen LogP contribution in [0, 0.1) is 5.41 Å². The number of ether oxygens (including phenoxy) is 2. The van der Waals surface area contributed by atoms with Gasteiger partial charge in [0.2, 0.25) is 0 Å². The van der Waals surface area contributed by atoms with Gasteiger partial charge < -0.3 is 9.47 Å². The van der Waals surface area contributed by atoms with Crippen molar-refractivity contribution in [2.75, 3.05) is 14.2 Å². The maximum absolute atomic E-state index is 5.28. The van der Waals surface area contributed by atoms with Gasteiger partial charge in [0.25, 0.3) is 0 Å². The molecule has 2 rings (SSSR count). The Morgan fingerprint density at radius 1 is 0.889 bits per heavy atom. The molecule has 0 amide bonds. The van der Waals surface area contributed by atoms with Gasteiger partial charge in [-0.3, -0.25) is 0 Å². The lowest BCUT2D eigenvalue weighted by molar-refractivity contribution is 0.392. The molecule has 0 radical (unpaired) electrons. The Hall–Kier alpha value is -2.48. The molecular formula is C25H32O2. The Balaban J connectivity index is 2.18. The summed E-state index contributed by atoms with van der Waals surface area (Å²) in [6, 6.07) is 16.6. The van der Waals surface area contributed by atoms with Crippen LogP contribution in [0.15, 0.2) is 66.3 Å². The SMILES string of the molecule is COc1ccc(/C=C/[C@@](C)(CCC=C(C)C)Cc2ccc(OC)cc2)cc1. The first-order valence-electron chi connectivity index (χ1n) is 9.54. The minimum Gasteiger partial charge on any atom is -0.497 e. The lowest BCUT2D eigenvalue weighted by atomic mass is 9.78. The highest BCUT2D eigenvalue weighted by molar-refractivity contribution is 5.51. The molecule has 0 unspecified atom stereocenters. The summed E-state index contributed by atoms with van der Waals surface area (Å²) < 4.78 is 10.5. The summed E-state index contributed by atoms with van der Waals surface area (Å²) in [4.78, 5) is 0. The molecule has 2 aromatic carbocycles. The highest BCUT2D eigenvalue weighted by Gasteiger charge is 2.21. The predicted molar refractivity (Wildman–Crippen MR) is 115 cm³/mol. The summed E-state index contributed by atoms with van der Waals surface area (Å²) in [6.07, 6.45) is 10.1. The van der Waals surface area contributed by atoms with Crippen molar-refractivity contribution in [1.29, 1.82) is 0 Å². The summed E-state index contributed by atoms with van der Waals surface area (Å²) in [6.45, 7) is 6.66. The minimum atomic E-state index is 0.0838. The average molecular weight is 365 g/mol. The second-order valence-corrected chi connectivity index (χ2v) is 7.61. The van der Waals surface area contributed by atoms with Gasteiger partial charge >= 0.3 is 0 Å². The van der Waals surface area contributed by atoms with Crippen molar-refractivity contribution in [2.24, 2.45) is 5.41 Å². The van der Waals surface area contributed by atoms with Crippen LogP contribution in [0.2, 0.25) is 0 Å². The Labute approximate surface area is 164 Å². The van der Waals surface area contributed by atoms with Gasteiger partial charge in [0.1, 0.15) is 11.5 Å². The molecule has 0 saturated heterocycles. The molecule has 0 aliphatic carbocycles. The number of benzene rings is 2. The molecule has 2 nitrogen and oxygen atoms in total. The van der Waals surface area contributed by atoms with Crippen molar-refractivity contribution >= 4 is 6.08 Å². The lowest BCUT2D eigenvalue weighted by Crippen LogP contribution is -2.16. The van der Waals surface area contributed by atoms with Gasteiger partial charge in [-0.1, -0.05) is 55.0 Å². The van der Waals surface area contributed by atoms with E-state index in [0.717, 1.165) is 30.8 Å². The van der Waals surface area contributed by atoms with Gasteiger partial charge in [-0.05, 0) is 73.9 Å². The van der Waals surface area contributed by atoms with E-state index in [1.54, 1.807) is 14.2 Å². The van der Waals surface area contributed by atoms with Crippen LogP contribution in [0.25, 0.3) is 6.08 Å². The van der Waals surface area contributed by atoms with Gasteiger partial charge in [0, 0.05) is 0 Å². The van der Waals surface area contributed by atoms with Crippen molar-refractivity contribution in [3.05, 3.63) is 77.4 Å². The monoisotopic (exact) mass is 364 g/mol. The van der Waals surface area contributed by atoms with Crippen LogP contribution >= 0.6 is 0 Å². The molecule has 0 bridgehead atoms. The Morgan fingerprint density at radius 2 is 1.44 bits per heavy atom. The predicted octanol–water partition coefficient (Wildman–Crippen LogP) is 6.71. The number of methoxy groups -OCH3 is 2. The van der Waals surface area contributed by atoms with Crippen molar-refractivity contribution in [3.63, 3.8) is 0 Å². The fraction of sp³-hybridized carbons (Fsp3) is 0.360. The van der Waals surface area contributed by atoms with Gasteiger partial charge in [0.05, 0.1) is 14.2 Å². The van der Waals surface area contributed by atoms with Crippen molar-refractivity contribution < 1.29 is 9.47 Å². The summed E-state index contributed by atoms with van der Waals surface area (Å²) in [5.41, 5.74) is 3.98. The fourth-order valence-corrected chi connectivity index (χ4v) is 3.14. The number of hydrogen-bond acceptors (Lipinski definition) is 2. The second kappa shape index (κ2) is 10.0. The quantitative estimate of drug-likeness (QED) is 0.460. The van der Waals surface area contributed by atoms with Crippen molar-refractivity contribution in [1.82, 2.24) is 0 Å². The molecule has 0 aromatic heterocycles. The summed E-state index contributed by atoms with van der Waals surface area (Å²) in [5, 5.41) is 0. The Kier molecular flexibility index (Phi) is 7.72. The molecule has 0 spiro atoms. The molecule has 27 heavy (non-hydrogen) atoms. The summed E-state index contributed by atoms with van der Waals surface area (Å²) in [7, 11) is 3.40. The van der Waals surface area contributed by atoms with E-state index in [4.69, 9.17) is 9.47 Å². The third kappa shape index (κ3) is 6.97. The normalized spacial score (nSPS) is 13.2. The smallest absolute Gasteiger partial charge is 0.118 e. The first-order chi connectivity index (χ1) is 12.9. The van der Waals surface area contributed by atoms with Crippen molar-refractivity contribution in [3.8, 4) is 11.5 Å². The van der Waals surface area contributed by atoms with Crippen LogP contribution in [0.4, 0.5) is 0 Å². The van der Waals surface area contributed by atoms with E-state index in [0.29, 0.717) is 0 Å². The molecule has 0 fully saturated rings. The van der Waals surface area contributed by atoms with Gasteiger partial charge in [-0.2, -0.15) is 0 Å². The van der Waals surface area contributed by atoms with E-state index in [1.165, 1.54) is 16.7 Å². The highest BCUT2D eigenvalue weighted by atomic mass is 16.5. The number of rotatable bonds is 9. The molecule has 1 atom stereocenters. The molecule has 144 valence electrons. The second-order valence-electron chi connectivity index (χ2n) is 7.61. The maximum Gasteiger partial charge on any atom is 0.118 e. The maximum atomic E-state index is 5.28. The van der Waals surface area contributed by atoms with Gasteiger partial charge in [0.15, 0.2) is 0 Å². The van der Waals surface area contributed by atoms with Crippen molar-refractivity contribution in [2.45, 2.75) is 40.0 Å². The molecule has 2 heteroatoms. The van der Waals surface area contributed by atoms with E-state index in [-0.39, 0.29) is 5.41 Å². The standard InChI is InChI=1S/C25H32O2/c1-20(2)7-6-17-25(3,19-22-10-14-24(27-5)15-11-22)18-16-21-8-12-23(26-4)13-9-21/h7-16,18H,6,17,19H2,1-5H3/b18-16+/t25-/m1/s1. The van der Waals surface area contributed by atoms with E-state index in [2.05, 4.69) is 63.3 Å². The fourth-order valence-electron chi connectivity index (χ4n) is 3.14. The average Bonchev–Trinajstić information content (AvgIpc) is 2.67. The summed E-state index contributed by atoms with van der Waals surface area (Å²) in [5.74, 6) is 1.79. The van der Waals surface area contributed by atoms with Crippen LogP contribution < -0.4 is 9.47 Å². The van der Waals surface area contributed by atoms with Crippen LogP contribution in [-0.4, -0.2) is 14.2 Å². The number of hydrogen-bond donors (Lipinski definition) is 0. The lowest BCUT2D eigenvalue weighted by Gasteiger charge is -2.26. The zero-order valence-corrected chi connectivity index (χ0v) is 17.3. The summed E-state index contributed by atoms with van der Waals surface area (Å²) >= 11 is 0. The first kappa shape index (κ1) is 20.8. The Morgan fingerprint density at radius 3 is 1.96 bits per heavy atom.